The molecule has 1 aromatic carbocycles. The molecule has 1 atom stereocenters. The first-order valence-electron chi connectivity index (χ1n) is 10.2. The minimum absolute atomic E-state index is 0.239. The smallest absolute Gasteiger partial charge is 0.191 e. The third kappa shape index (κ3) is 4.28. The van der Waals surface area contributed by atoms with Crippen molar-refractivity contribution >= 4 is 17.7 Å². The number of thioether (sulfide) groups is 1. The van der Waals surface area contributed by atoms with E-state index in [1.807, 2.05) is 7.05 Å². The minimum atomic E-state index is 0.239. The van der Waals surface area contributed by atoms with Crippen LogP contribution in [0.3, 0.4) is 0 Å². The van der Waals surface area contributed by atoms with E-state index >= 15 is 0 Å². The van der Waals surface area contributed by atoms with Crippen LogP contribution in [0.2, 0.25) is 0 Å². The number of rotatable bonds is 6. The Morgan fingerprint density at radius 3 is 2.48 bits per heavy atom. The number of nitrogens with zero attached hydrogens (tertiary/aromatic N) is 2. The van der Waals surface area contributed by atoms with Gasteiger partial charge in [-0.2, -0.15) is 11.8 Å². The van der Waals surface area contributed by atoms with Gasteiger partial charge in [-0.1, -0.05) is 30.3 Å². The van der Waals surface area contributed by atoms with Crippen molar-refractivity contribution in [1.29, 1.82) is 0 Å². The molecule has 2 saturated heterocycles. The zero-order valence-electron chi connectivity index (χ0n) is 16.4. The second kappa shape index (κ2) is 8.41. The van der Waals surface area contributed by atoms with Crippen LogP contribution in [0.25, 0.3) is 0 Å². The van der Waals surface area contributed by atoms with E-state index in [2.05, 4.69) is 62.6 Å². The van der Waals surface area contributed by atoms with Crippen molar-refractivity contribution in [2.24, 2.45) is 4.99 Å². The minimum Gasteiger partial charge on any atom is -0.379 e. The van der Waals surface area contributed by atoms with E-state index in [0.29, 0.717) is 5.41 Å². The highest BCUT2D eigenvalue weighted by Crippen LogP contribution is 2.47. The highest BCUT2D eigenvalue weighted by atomic mass is 32.2. The Balaban J connectivity index is 1.33. The summed E-state index contributed by atoms with van der Waals surface area (Å²) in [7, 11) is 1.88. The van der Waals surface area contributed by atoms with E-state index in [-0.39, 0.29) is 5.54 Å². The maximum Gasteiger partial charge on any atom is 0.191 e. The van der Waals surface area contributed by atoms with Crippen molar-refractivity contribution in [1.82, 2.24) is 15.5 Å². The first-order valence-corrected chi connectivity index (χ1v) is 11.3. The number of benzene rings is 1. The van der Waals surface area contributed by atoms with Crippen LogP contribution in [0.5, 0.6) is 0 Å². The van der Waals surface area contributed by atoms with Gasteiger partial charge in [0, 0.05) is 49.9 Å². The van der Waals surface area contributed by atoms with Crippen molar-refractivity contribution in [3.63, 3.8) is 0 Å². The van der Waals surface area contributed by atoms with E-state index in [9.17, 15) is 0 Å². The molecule has 27 heavy (non-hydrogen) atoms. The first-order chi connectivity index (χ1) is 13.3. The molecular weight excluding hydrogens is 356 g/mol. The molecule has 148 valence electrons. The van der Waals surface area contributed by atoms with Crippen molar-refractivity contribution < 1.29 is 4.74 Å². The summed E-state index contributed by atoms with van der Waals surface area (Å²) in [5.41, 5.74) is 1.98. The lowest BCUT2D eigenvalue weighted by molar-refractivity contribution is -0.0120. The zero-order chi connectivity index (χ0) is 18.6. The van der Waals surface area contributed by atoms with Gasteiger partial charge in [-0.05, 0) is 30.6 Å². The van der Waals surface area contributed by atoms with Gasteiger partial charge in [0.05, 0.1) is 13.2 Å². The molecule has 6 heteroatoms. The summed E-state index contributed by atoms with van der Waals surface area (Å²) in [5.74, 6) is 3.38. The summed E-state index contributed by atoms with van der Waals surface area (Å²) < 4.78 is 5.57. The van der Waals surface area contributed by atoms with Gasteiger partial charge >= 0.3 is 0 Å². The predicted molar refractivity (Wildman–Crippen MR) is 114 cm³/mol. The van der Waals surface area contributed by atoms with Crippen molar-refractivity contribution in [2.45, 2.75) is 30.2 Å². The number of morpholine rings is 1. The van der Waals surface area contributed by atoms with Crippen LogP contribution in [-0.4, -0.2) is 74.3 Å². The highest BCUT2D eigenvalue weighted by Gasteiger charge is 2.44. The number of ether oxygens (including phenoxy) is 1. The maximum absolute atomic E-state index is 5.57. The molecule has 5 nitrogen and oxygen atoms in total. The largest absolute Gasteiger partial charge is 0.379 e. The van der Waals surface area contributed by atoms with Crippen LogP contribution < -0.4 is 10.6 Å². The average Bonchev–Trinajstić information content (AvgIpc) is 3.38. The fourth-order valence-corrected chi connectivity index (χ4v) is 5.84. The summed E-state index contributed by atoms with van der Waals surface area (Å²) in [6.07, 6.45) is 3.76. The zero-order valence-corrected chi connectivity index (χ0v) is 17.2. The lowest BCUT2D eigenvalue weighted by Crippen LogP contribution is -2.60. The quantitative estimate of drug-likeness (QED) is 0.577. The van der Waals surface area contributed by atoms with E-state index in [4.69, 9.17) is 4.74 Å². The number of hydrogen-bond donors (Lipinski definition) is 2. The topological polar surface area (TPSA) is 48.9 Å². The number of hydrogen-bond acceptors (Lipinski definition) is 4. The standard InChI is InChI=1S/C21H32N4OS/c1-22-19(23-15-20(7-8-20)18-5-3-2-4-6-18)24-16-21(9-14-27-17-21)25-10-12-26-13-11-25/h2-6H,7-17H2,1H3,(H2,22,23,24). The van der Waals surface area contributed by atoms with Gasteiger partial charge in [0.2, 0.25) is 0 Å². The van der Waals surface area contributed by atoms with Crippen LogP contribution in [0.15, 0.2) is 35.3 Å². The molecule has 0 radical (unpaired) electrons. The monoisotopic (exact) mass is 388 g/mol. The van der Waals surface area contributed by atoms with Crippen LogP contribution in [0, 0.1) is 0 Å². The maximum atomic E-state index is 5.57. The third-order valence-corrected chi connectivity index (χ3v) is 7.64. The van der Waals surface area contributed by atoms with Gasteiger partial charge in [0.15, 0.2) is 5.96 Å². The number of nitrogens with one attached hydrogen (secondary N) is 2. The lowest BCUT2D eigenvalue weighted by atomic mass is 9.95. The van der Waals surface area contributed by atoms with Crippen LogP contribution in [0.4, 0.5) is 0 Å². The van der Waals surface area contributed by atoms with Gasteiger partial charge < -0.3 is 15.4 Å². The van der Waals surface area contributed by atoms with Gasteiger partial charge in [-0.15, -0.1) is 0 Å². The van der Waals surface area contributed by atoms with E-state index in [1.165, 1.54) is 36.3 Å². The summed E-state index contributed by atoms with van der Waals surface area (Å²) in [6.45, 7) is 5.72. The van der Waals surface area contributed by atoms with Gasteiger partial charge in [0.25, 0.3) is 0 Å². The number of guanidine groups is 1. The van der Waals surface area contributed by atoms with Gasteiger partial charge in [-0.25, -0.2) is 0 Å². The van der Waals surface area contributed by atoms with Gasteiger partial charge in [0.1, 0.15) is 0 Å². The Kier molecular flexibility index (Phi) is 5.95. The lowest BCUT2D eigenvalue weighted by Gasteiger charge is -2.43. The number of aliphatic imine (C=N–C) groups is 1. The van der Waals surface area contributed by atoms with E-state index < -0.39 is 0 Å². The fourth-order valence-electron chi connectivity index (χ4n) is 4.37. The van der Waals surface area contributed by atoms with Crippen molar-refractivity contribution in [3.8, 4) is 0 Å². The van der Waals surface area contributed by atoms with Crippen LogP contribution in [0.1, 0.15) is 24.8 Å². The normalized spacial score (nSPS) is 28.1. The van der Waals surface area contributed by atoms with Crippen LogP contribution in [-0.2, 0) is 10.2 Å². The van der Waals surface area contributed by atoms with E-state index in [1.54, 1.807) is 0 Å². The molecule has 1 aromatic rings. The molecule has 2 aliphatic heterocycles. The summed E-state index contributed by atoms with van der Waals surface area (Å²) in [6, 6.07) is 10.9. The summed E-state index contributed by atoms with van der Waals surface area (Å²) in [5, 5.41) is 7.25. The Labute approximate surface area is 167 Å². The predicted octanol–water partition coefficient (Wildman–Crippen LogP) is 2.09. The summed E-state index contributed by atoms with van der Waals surface area (Å²) >= 11 is 2.08. The van der Waals surface area contributed by atoms with Crippen molar-refractivity contribution in [2.75, 3.05) is 57.9 Å². The average molecular weight is 389 g/mol. The molecule has 2 heterocycles. The molecule has 0 amide bonds. The molecule has 1 unspecified atom stereocenters. The Hall–Kier alpha value is -1.24. The highest BCUT2D eigenvalue weighted by molar-refractivity contribution is 7.99. The molecule has 1 saturated carbocycles. The molecule has 4 rings (SSSR count). The molecule has 1 aliphatic carbocycles. The fraction of sp³-hybridized carbons (Fsp3) is 0.667. The third-order valence-electron chi connectivity index (χ3n) is 6.41. The molecule has 3 fully saturated rings. The van der Waals surface area contributed by atoms with Crippen molar-refractivity contribution in [3.05, 3.63) is 35.9 Å². The van der Waals surface area contributed by atoms with Crippen LogP contribution >= 0.6 is 11.8 Å². The van der Waals surface area contributed by atoms with E-state index in [0.717, 1.165) is 45.4 Å². The molecule has 3 aliphatic rings. The molecule has 0 spiro atoms. The Morgan fingerprint density at radius 2 is 1.85 bits per heavy atom. The van der Waals surface area contributed by atoms with Gasteiger partial charge in [-0.3, -0.25) is 9.89 Å². The molecular formula is C21H32N4OS. The molecule has 2 N–H and O–H groups in total. The second-order valence-corrected chi connectivity index (χ2v) is 9.16. The Bertz CT molecular complexity index is 635. The summed E-state index contributed by atoms with van der Waals surface area (Å²) in [4.78, 5) is 7.14. The SMILES string of the molecule is CN=C(NCC1(c2ccccc2)CC1)NCC1(N2CCOCC2)CCSC1. The first kappa shape index (κ1) is 19.1. The second-order valence-electron chi connectivity index (χ2n) is 8.05. The Morgan fingerprint density at radius 1 is 1.11 bits per heavy atom. The molecule has 0 bridgehead atoms. The molecule has 0 aromatic heterocycles.